The molecule has 0 aromatic carbocycles. The fourth-order valence-corrected chi connectivity index (χ4v) is 3.23. The van der Waals surface area contributed by atoms with Crippen LogP contribution >= 0.6 is 0 Å². The van der Waals surface area contributed by atoms with Crippen LogP contribution in [0.2, 0.25) is 0 Å². The van der Waals surface area contributed by atoms with Crippen molar-refractivity contribution in [2.45, 2.75) is 52.7 Å². The van der Waals surface area contributed by atoms with Crippen molar-refractivity contribution in [3.63, 3.8) is 0 Å². The summed E-state index contributed by atoms with van der Waals surface area (Å²) in [5, 5.41) is 3.42. The molecule has 1 saturated heterocycles. The predicted octanol–water partition coefficient (Wildman–Crippen LogP) is 2.70. The smallest absolute Gasteiger partial charge is 0.118 e. The Kier molecular flexibility index (Phi) is 6.74. The minimum atomic E-state index is 0.723. The average Bonchev–Trinajstić information content (AvgIpc) is 3.11. The number of rotatable bonds is 9. The number of furan rings is 1. The molecule has 0 bridgehead atoms. The lowest BCUT2D eigenvalue weighted by molar-refractivity contribution is 0.205. The zero-order valence-electron chi connectivity index (χ0n) is 13.9. The van der Waals surface area contributed by atoms with Gasteiger partial charge >= 0.3 is 0 Å². The molecule has 1 fully saturated rings. The van der Waals surface area contributed by atoms with Gasteiger partial charge in [0.1, 0.15) is 5.76 Å². The minimum absolute atomic E-state index is 0.723. The highest BCUT2D eigenvalue weighted by molar-refractivity contribution is 5.12. The molecule has 0 saturated carbocycles. The molecule has 4 nitrogen and oxygen atoms in total. The van der Waals surface area contributed by atoms with E-state index in [1.54, 1.807) is 0 Å². The summed E-state index contributed by atoms with van der Waals surface area (Å²) in [4.78, 5) is 5.09. The number of nitrogens with one attached hydrogen (secondary N) is 1. The fourth-order valence-electron chi connectivity index (χ4n) is 3.23. The zero-order chi connectivity index (χ0) is 15.1. The molecule has 1 unspecified atom stereocenters. The molecule has 1 N–H and O–H groups in total. The van der Waals surface area contributed by atoms with Crippen LogP contribution in [-0.2, 0) is 13.1 Å². The molecule has 2 heterocycles. The van der Waals surface area contributed by atoms with Crippen molar-refractivity contribution in [2.75, 3.05) is 32.7 Å². The van der Waals surface area contributed by atoms with E-state index >= 15 is 0 Å². The topological polar surface area (TPSA) is 31.7 Å². The first kappa shape index (κ1) is 16.5. The first-order valence-electron chi connectivity index (χ1n) is 8.50. The van der Waals surface area contributed by atoms with Crippen molar-refractivity contribution >= 4 is 0 Å². The van der Waals surface area contributed by atoms with Gasteiger partial charge in [0.2, 0.25) is 0 Å². The minimum Gasteiger partial charge on any atom is -0.468 e. The monoisotopic (exact) mass is 293 g/mol. The van der Waals surface area contributed by atoms with Gasteiger partial charge in [0.15, 0.2) is 0 Å². The van der Waals surface area contributed by atoms with Crippen molar-refractivity contribution in [3.05, 3.63) is 23.7 Å². The van der Waals surface area contributed by atoms with Gasteiger partial charge in [-0.05, 0) is 38.5 Å². The number of hydrogen-bond acceptors (Lipinski definition) is 4. The second kappa shape index (κ2) is 8.57. The van der Waals surface area contributed by atoms with Crippen molar-refractivity contribution < 1.29 is 4.42 Å². The van der Waals surface area contributed by atoms with Gasteiger partial charge in [-0.25, -0.2) is 0 Å². The Morgan fingerprint density at radius 1 is 1.33 bits per heavy atom. The molecule has 2 rings (SSSR count). The highest BCUT2D eigenvalue weighted by Gasteiger charge is 2.26. The molecule has 1 aromatic rings. The predicted molar refractivity (Wildman–Crippen MR) is 87.3 cm³/mol. The zero-order valence-corrected chi connectivity index (χ0v) is 13.9. The van der Waals surface area contributed by atoms with Gasteiger partial charge in [0.05, 0.1) is 12.8 Å². The molecule has 0 aliphatic carbocycles. The van der Waals surface area contributed by atoms with Crippen molar-refractivity contribution in [3.8, 4) is 0 Å². The van der Waals surface area contributed by atoms with Crippen LogP contribution in [0.4, 0.5) is 0 Å². The summed E-state index contributed by atoms with van der Waals surface area (Å²) in [5.74, 6) is 1.10. The Bertz CT molecular complexity index is 400. The highest BCUT2D eigenvalue weighted by Crippen LogP contribution is 2.19. The molecule has 1 aromatic heterocycles. The lowest BCUT2D eigenvalue weighted by Crippen LogP contribution is -2.37. The van der Waals surface area contributed by atoms with E-state index in [-0.39, 0.29) is 0 Å². The van der Waals surface area contributed by atoms with E-state index in [0.29, 0.717) is 0 Å². The van der Waals surface area contributed by atoms with E-state index in [1.165, 1.54) is 31.5 Å². The van der Waals surface area contributed by atoms with Crippen LogP contribution in [0, 0.1) is 0 Å². The second-order valence-corrected chi connectivity index (χ2v) is 6.00. The van der Waals surface area contributed by atoms with Crippen molar-refractivity contribution in [1.29, 1.82) is 0 Å². The summed E-state index contributed by atoms with van der Waals surface area (Å²) >= 11 is 0. The normalized spacial score (nSPS) is 19.7. The maximum atomic E-state index is 5.71. The van der Waals surface area contributed by atoms with Gasteiger partial charge in [-0.3, -0.25) is 9.80 Å². The molecule has 0 amide bonds. The van der Waals surface area contributed by atoms with E-state index in [1.807, 2.05) is 6.26 Å². The Labute approximate surface area is 129 Å². The van der Waals surface area contributed by atoms with Crippen molar-refractivity contribution in [2.24, 2.45) is 0 Å². The lowest BCUT2D eigenvalue weighted by Gasteiger charge is -2.26. The Morgan fingerprint density at radius 2 is 2.14 bits per heavy atom. The second-order valence-electron chi connectivity index (χ2n) is 6.00. The van der Waals surface area contributed by atoms with Gasteiger partial charge in [-0.1, -0.05) is 20.8 Å². The van der Waals surface area contributed by atoms with Crippen molar-refractivity contribution in [1.82, 2.24) is 15.1 Å². The SMILES string of the molecule is CCCNCc1coc(CN2CCC(N(CC)CC)C2)c1. The van der Waals surface area contributed by atoms with E-state index in [0.717, 1.165) is 44.5 Å². The van der Waals surface area contributed by atoms with Crippen LogP contribution in [0.15, 0.2) is 16.7 Å². The first-order chi connectivity index (χ1) is 10.3. The number of hydrogen-bond donors (Lipinski definition) is 1. The molecule has 1 aliphatic rings. The standard InChI is InChI=1S/C17H31N3O/c1-4-8-18-11-15-10-17(21-14-15)13-19-9-7-16(12-19)20(5-2)6-3/h10,14,16,18H,4-9,11-13H2,1-3H3. The summed E-state index contributed by atoms with van der Waals surface area (Å²) < 4.78 is 5.71. The van der Waals surface area contributed by atoms with Gasteiger partial charge in [0.25, 0.3) is 0 Å². The third-order valence-corrected chi connectivity index (χ3v) is 4.42. The van der Waals surface area contributed by atoms with Crippen LogP contribution in [0.25, 0.3) is 0 Å². The Hall–Kier alpha value is -0.840. The molecule has 1 aliphatic heterocycles. The molecule has 120 valence electrons. The Balaban J connectivity index is 1.78. The van der Waals surface area contributed by atoms with Gasteiger partial charge < -0.3 is 9.73 Å². The summed E-state index contributed by atoms with van der Waals surface area (Å²) in [7, 11) is 0. The quantitative estimate of drug-likeness (QED) is 0.709. The van der Waals surface area contributed by atoms with Gasteiger partial charge in [-0.2, -0.15) is 0 Å². The molecule has 4 heteroatoms. The lowest BCUT2D eigenvalue weighted by atomic mass is 10.2. The summed E-state index contributed by atoms with van der Waals surface area (Å²) in [6.07, 6.45) is 4.36. The summed E-state index contributed by atoms with van der Waals surface area (Å²) in [6, 6.07) is 2.92. The maximum Gasteiger partial charge on any atom is 0.118 e. The first-order valence-corrected chi connectivity index (χ1v) is 8.50. The molecular formula is C17H31N3O. The number of nitrogens with zero attached hydrogens (tertiary/aromatic N) is 2. The van der Waals surface area contributed by atoms with Crippen LogP contribution < -0.4 is 5.32 Å². The van der Waals surface area contributed by atoms with E-state index < -0.39 is 0 Å². The largest absolute Gasteiger partial charge is 0.468 e. The summed E-state index contributed by atoms with van der Waals surface area (Å²) in [6.45, 7) is 14.3. The molecule has 21 heavy (non-hydrogen) atoms. The van der Waals surface area contributed by atoms with Crippen LogP contribution in [0.5, 0.6) is 0 Å². The van der Waals surface area contributed by atoms with E-state index in [2.05, 4.69) is 42.0 Å². The third kappa shape index (κ3) is 4.83. The summed E-state index contributed by atoms with van der Waals surface area (Å²) in [5.41, 5.74) is 1.26. The molecule has 0 radical (unpaired) electrons. The average molecular weight is 293 g/mol. The van der Waals surface area contributed by atoms with Crippen LogP contribution in [0.1, 0.15) is 44.9 Å². The Morgan fingerprint density at radius 3 is 2.86 bits per heavy atom. The molecule has 0 spiro atoms. The fraction of sp³-hybridized carbons (Fsp3) is 0.765. The number of likely N-dealkylation sites (N-methyl/N-ethyl adjacent to an activating group) is 1. The van der Waals surface area contributed by atoms with E-state index in [9.17, 15) is 0 Å². The molecule has 1 atom stereocenters. The highest BCUT2D eigenvalue weighted by atomic mass is 16.3. The third-order valence-electron chi connectivity index (χ3n) is 4.42. The van der Waals surface area contributed by atoms with Gasteiger partial charge in [0, 0.05) is 31.2 Å². The number of likely N-dealkylation sites (tertiary alicyclic amines) is 1. The van der Waals surface area contributed by atoms with Crippen LogP contribution in [-0.4, -0.2) is 48.6 Å². The maximum absolute atomic E-state index is 5.71. The van der Waals surface area contributed by atoms with Crippen LogP contribution in [0.3, 0.4) is 0 Å². The molecular weight excluding hydrogens is 262 g/mol. The van der Waals surface area contributed by atoms with Gasteiger partial charge in [-0.15, -0.1) is 0 Å². The van der Waals surface area contributed by atoms with E-state index in [4.69, 9.17) is 4.42 Å².